The van der Waals surface area contributed by atoms with E-state index in [-0.39, 0.29) is 31.0 Å². The summed E-state index contributed by atoms with van der Waals surface area (Å²) in [6.07, 6.45) is 0.696. The van der Waals surface area contributed by atoms with Crippen LogP contribution in [0.5, 0.6) is 0 Å². The Labute approximate surface area is 153 Å². The molecule has 1 aromatic carbocycles. The van der Waals surface area contributed by atoms with Gasteiger partial charge in [-0.05, 0) is 24.6 Å². The first kappa shape index (κ1) is 18.2. The summed E-state index contributed by atoms with van der Waals surface area (Å²) in [5.41, 5.74) is 1.11. The van der Waals surface area contributed by atoms with Crippen molar-refractivity contribution in [3.8, 4) is 0 Å². The summed E-state index contributed by atoms with van der Waals surface area (Å²) in [4.78, 5) is 20.5. The lowest BCUT2D eigenvalue weighted by molar-refractivity contribution is 0.174. The van der Waals surface area contributed by atoms with Gasteiger partial charge in [-0.15, -0.1) is 0 Å². The zero-order chi connectivity index (χ0) is 18.7. The largest absolute Gasteiger partial charge is 0.390 e. The number of aliphatic hydroxyl groups is 2. The lowest BCUT2D eigenvalue weighted by atomic mass is 10.1. The third-order valence-corrected chi connectivity index (χ3v) is 4.22. The number of hydrogen-bond donors (Lipinski definition) is 2. The summed E-state index contributed by atoms with van der Waals surface area (Å²) >= 11 is 5.83. The molecule has 2 N–H and O–H groups in total. The van der Waals surface area contributed by atoms with E-state index >= 15 is 0 Å². The number of aliphatic hydroxyl groups excluding tert-OH is 2. The van der Waals surface area contributed by atoms with Gasteiger partial charge in [0.2, 0.25) is 5.89 Å². The maximum atomic E-state index is 12.2. The molecule has 0 aliphatic heterocycles. The molecule has 8 nitrogen and oxygen atoms in total. The highest BCUT2D eigenvalue weighted by atomic mass is 35.5. The summed E-state index contributed by atoms with van der Waals surface area (Å²) in [7, 11) is 0. The van der Waals surface area contributed by atoms with E-state index in [9.17, 15) is 9.90 Å². The van der Waals surface area contributed by atoms with Gasteiger partial charge in [-0.25, -0.2) is 4.98 Å². The number of benzene rings is 1. The summed E-state index contributed by atoms with van der Waals surface area (Å²) in [6, 6.07) is 6.84. The van der Waals surface area contributed by atoms with Gasteiger partial charge in [-0.1, -0.05) is 28.9 Å². The summed E-state index contributed by atoms with van der Waals surface area (Å²) in [5, 5.41) is 23.8. The van der Waals surface area contributed by atoms with Crippen LogP contribution in [0.3, 0.4) is 0 Å². The zero-order valence-electron chi connectivity index (χ0n) is 14.0. The molecule has 0 spiro atoms. The van der Waals surface area contributed by atoms with Crippen molar-refractivity contribution in [2.24, 2.45) is 0 Å². The molecule has 0 amide bonds. The second-order valence-corrected chi connectivity index (χ2v) is 6.22. The van der Waals surface area contributed by atoms with Gasteiger partial charge >= 0.3 is 0 Å². The summed E-state index contributed by atoms with van der Waals surface area (Å²) < 4.78 is 6.47. The Kier molecular flexibility index (Phi) is 5.46. The minimum Gasteiger partial charge on any atom is -0.390 e. The van der Waals surface area contributed by atoms with Gasteiger partial charge in [0.1, 0.15) is 6.54 Å². The number of rotatable bonds is 6. The van der Waals surface area contributed by atoms with Crippen LogP contribution in [0.4, 0.5) is 0 Å². The number of hydrogen-bond acceptors (Lipinski definition) is 7. The quantitative estimate of drug-likeness (QED) is 0.668. The topological polar surface area (TPSA) is 114 Å². The van der Waals surface area contributed by atoms with Gasteiger partial charge in [0.05, 0.1) is 24.7 Å². The highest BCUT2D eigenvalue weighted by molar-refractivity contribution is 6.30. The lowest BCUT2D eigenvalue weighted by Gasteiger charge is -2.08. The second kappa shape index (κ2) is 7.77. The molecule has 1 atom stereocenters. The second-order valence-electron chi connectivity index (χ2n) is 5.78. The van der Waals surface area contributed by atoms with Crippen LogP contribution in [0.2, 0.25) is 5.02 Å². The van der Waals surface area contributed by atoms with Crippen molar-refractivity contribution in [1.29, 1.82) is 0 Å². The minimum absolute atomic E-state index is 0.0580. The summed E-state index contributed by atoms with van der Waals surface area (Å²) in [5.74, 6) is 0.551. The molecular formula is C17H17ClN4O4. The first-order valence-electron chi connectivity index (χ1n) is 7.88. The van der Waals surface area contributed by atoms with Crippen molar-refractivity contribution < 1.29 is 14.7 Å². The monoisotopic (exact) mass is 376 g/mol. The lowest BCUT2D eigenvalue weighted by Crippen LogP contribution is -2.25. The number of nitrogens with zero attached hydrogens (tertiary/aromatic N) is 4. The van der Waals surface area contributed by atoms with E-state index in [1.807, 2.05) is 0 Å². The average Bonchev–Trinajstić information content (AvgIpc) is 3.06. The fourth-order valence-corrected chi connectivity index (χ4v) is 2.58. The standard InChI is InChI=1S/C17H17ClN4O4/c1-10-13(8-23)19-9-22(17(10)25)7-16-20-15(21-26-16)6-14(24)11-2-4-12(18)5-3-11/h2-5,9,14,23-24H,6-8H2,1H3/t14-/m0/s1. The van der Waals surface area contributed by atoms with Gasteiger partial charge < -0.3 is 14.7 Å². The number of halogens is 1. The average molecular weight is 377 g/mol. The van der Waals surface area contributed by atoms with E-state index in [1.54, 1.807) is 31.2 Å². The van der Waals surface area contributed by atoms with Crippen molar-refractivity contribution in [2.45, 2.75) is 32.6 Å². The molecule has 2 aromatic heterocycles. The molecule has 26 heavy (non-hydrogen) atoms. The molecule has 2 heterocycles. The maximum absolute atomic E-state index is 12.2. The Bertz CT molecular complexity index is 952. The zero-order valence-corrected chi connectivity index (χ0v) is 14.7. The normalized spacial score (nSPS) is 12.3. The van der Waals surface area contributed by atoms with Crippen LogP contribution in [0.1, 0.15) is 34.6 Å². The van der Waals surface area contributed by atoms with E-state index in [0.717, 1.165) is 0 Å². The summed E-state index contributed by atoms with van der Waals surface area (Å²) in [6.45, 7) is 1.36. The Balaban J connectivity index is 1.71. The van der Waals surface area contributed by atoms with Gasteiger partial charge in [-0.2, -0.15) is 4.98 Å². The molecule has 0 saturated heterocycles. The predicted octanol–water partition coefficient (Wildman–Crippen LogP) is 1.40. The van der Waals surface area contributed by atoms with Crippen LogP contribution in [0, 0.1) is 6.92 Å². The highest BCUT2D eigenvalue weighted by Crippen LogP contribution is 2.19. The van der Waals surface area contributed by atoms with Gasteiger partial charge in [0.25, 0.3) is 5.56 Å². The van der Waals surface area contributed by atoms with Gasteiger partial charge in [0, 0.05) is 17.0 Å². The highest BCUT2D eigenvalue weighted by Gasteiger charge is 2.15. The first-order valence-corrected chi connectivity index (χ1v) is 8.26. The third-order valence-electron chi connectivity index (χ3n) is 3.96. The molecule has 0 aliphatic carbocycles. The van der Waals surface area contributed by atoms with Crippen molar-refractivity contribution in [1.82, 2.24) is 19.7 Å². The molecule has 0 aliphatic rings. The van der Waals surface area contributed by atoms with Gasteiger partial charge in [0.15, 0.2) is 5.82 Å². The Hall–Kier alpha value is -2.55. The molecule has 0 unspecified atom stereocenters. The molecular weight excluding hydrogens is 360 g/mol. The minimum atomic E-state index is -0.798. The van der Waals surface area contributed by atoms with Crippen LogP contribution in [-0.4, -0.2) is 29.9 Å². The van der Waals surface area contributed by atoms with E-state index in [2.05, 4.69) is 15.1 Å². The van der Waals surface area contributed by atoms with Crippen LogP contribution < -0.4 is 5.56 Å². The van der Waals surface area contributed by atoms with Crippen LogP contribution in [0.25, 0.3) is 0 Å². The van der Waals surface area contributed by atoms with Crippen LogP contribution in [-0.2, 0) is 19.6 Å². The molecule has 136 valence electrons. The van der Waals surface area contributed by atoms with Crippen molar-refractivity contribution in [2.75, 3.05) is 0 Å². The third kappa shape index (κ3) is 3.98. The number of aromatic nitrogens is 4. The SMILES string of the molecule is Cc1c(CO)ncn(Cc2nc(C[C@H](O)c3ccc(Cl)cc3)no2)c1=O. The Morgan fingerprint density at radius 2 is 2.04 bits per heavy atom. The van der Waals surface area contributed by atoms with E-state index in [0.29, 0.717) is 27.7 Å². The van der Waals surface area contributed by atoms with E-state index < -0.39 is 6.10 Å². The predicted molar refractivity (Wildman–Crippen MR) is 92.7 cm³/mol. The molecule has 9 heteroatoms. The first-order chi connectivity index (χ1) is 12.5. The van der Waals surface area contributed by atoms with Crippen molar-refractivity contribution in [3.63, 3.8) is 0 Å². The molecule has 3 aromatic rings. The van der Waals surface area contributed by atoms with Crippen LogP contribution in [0.15, 0.2) is 39.9 Å². The molecule has 0 saturated carbocycles. The van der Waals surface area contributed by atoms with E-state index in [1.165, 1.54) is 10.9 Å². The van der Waals surface area contributed by atoms with Crippen molar-refractivity contribution >= 4 is 11.6 Å². The Morgan fingerprint density at radius 3 is 2.73 bits per heavy atom. The Morgan fingerprint density at radius 1 is 1.31 bits per heavy atom. The molecule has 0 radical (unpaired) electrons. The molecule has 0 bridgehead atoms. The smallest absolute Gasteiger partial charge is 0.257 e. The van der Waals surface area contributed by atoms with Gasteiger partial charge in [-0.3, -0.25) is 9.36 Å². The fourth-order valence-electron chi connectivity index (χ4n) is 2.46. The van der Waals surface area contributed by atoms with Crippen molar-refractivity contribution in [3.05, 3.63) is 74.5 Å². The molecule has 3 rings (SSSR count). The maximum Gasteiger partial charge on any atom is 0.257 e. The fraction of sp³-hybridized carbons (Fsp3) is 0.294. The molecule has 0 fully saturated rings. The van der Waals surface area contributed by atoms with Crippen LogP contribution >= 0.6 is 11.6 Å². The van der Waals surface area contributed by atoms with E-state index in [4.69, 9.17) is 21.2 Å².